The molecule has 0 aliphatic carbocycles. The van der Waals surface area contributed by atoms with Crippen LogP contribution < -0.4 is 10.2 Å². The van der Waals surface area contributed by atoms with E-state index in [4.69, 9.17) is 4.74 Å². The zero-order valence-electron chi connectivity index (χ0n) is 14.7. The van der Waals surface area contributed by atoms with Crippen molar-refractivity contribution < 1.29 is 9.53 Å². The first-order chi connectivity index (χ1) is 11.6. The summed E-state index contributed by atoms with van der Waals surface area (Å²) in [6, 6.07) is 3.97. The fraction of sp³-hybridized carbons (Fsp3) is 0.667. The number of piperidine rings is 1. The lowest BCUT2D eigenvalue weighted by Crippen LogP contribution is -2.51. The van der Waals surface area contributed by atoms with Crippen molar-refractivity contribution in [2.24, 2.45) is 0 Å². The Morgan fingerprint density at radius 2 is 1.96 bits per heavy atom. The Hall–Kier alpha value is -1.82. The minimum atomic E-state index is -0.0227. The van der Waals surface area contributed by atoms with Gasteiger partial charge in [0.2, 0.25) is 0 Å². The smallest absolute Gasteiger partial charge is 0.317 e. The zero-order valence-corrected chi connectivity index (χ0v) is 14.7. The first kappa shape index (κ1) is 17.0. The SMILES string of the molecule is C[C@@H]1CN(C(=O)NCc2cccnc2N2CCCCC2)C[C@@H](C)O1. The second kappa shape index (κ2) is 7.83. The summed E-state index contributed by atoms with van der Waals surface area (Å²) in [6.07, 6.45) is 5.73. The number of amides is 2. The number of pyridine rings is 1. The van der Waals surface area contributed by atoms with E-state index < -0.39 is 0 Å². The molecule has 0 unspecified atom stereocenters. The van der Waals surface area contributed by atoms with Crippen molar-refractivity contribution in [2.75, 3.05) is 31.1 Å². The molecule has 2 aliphatic heterocycles. The van der Waals surface area contributed by atoms with Crippen LogP contribution in [0.3, 0.4) is 0 Å². The molecule has 0 radical (unpaired) electrons. The molecule has 3 heterocycles. The van der Waals surface area contributed by atoms with Crippen LogP contribution in [0.15, 0.2) is 18.3 Å². The fourth-order valence-corrected chi connectivity index (χ4v) is 3.59. The molecular weight excluding hydrogens is 304 g/mol. The molecule has 6 nitrogen and oxygen atoms in total. The molecule has 1 aromatic rings. The lowest BCUT2D eigenvalue weighted by Gasteiger charge is -2.35. The van der Waals surface area contributed by atoms with Crippen molar-refractivity contribution in [2.45, 2.75) is 51.9 Å². The third-order valence-electron chi connectivity index (χ3n) is 4.66. The summed E-state index contributed by atoms with van der Waals surface area (Å²) in [6.45, 7) is 7.91. The van der Waals surface area contributed by atoms with E-state index in [2.05, 4.69) is 21.3 Å². The van der Waals surface area contributed by atoms with Gasteiger partial charge in [0, 0.05) is 44.5 Å². The number of nitrogens with one attached hydrogen (secondary N) is 1. The minimum Gasteiger partial charge on any atom is -0.372 e. The average Bonchev–Trinajstić information content (AvgIpc) is 2.60. The van der Waals surface area contributed by atoms with Gasteiger partial charge in [0.05, 0.1) is 12.2 Å². The highest BCUT2D eigenvalue weighted by atomic mass is 16.5. The number of carbonyl (C=O) groups is 1. The molecule has 2 fully saturated rings. The van der Waals surface area contributed by atoms with Crippen LogP contribution in [0.1, 0.15) is 38.7 Å². The van der Waals surface area contributed by atoms with E-state index in [1.54, 1.807) is 0 Å². The van der Waals surface area contributed by atoms with Crippen LogP contribution in [0.25, 0.3) is 0 Å². The number of rotatable bonds is 3. The minimum absolute atomic E-state index is 0.0227. The summed E-state index contributed by atoms with van der Waals surface area (Å²) in [5.41, 5.74) is 1.09. The van der Waals surface area contributed by atoms with Crippen molar-refractivity contribution >= 4 is 11.8 Å². The van der Waals surface area contributed by atoms with Gasteiger partial charge in [-0.25, -0.2) is 9.78 Å². The van der Waals surface area contributed by atoms with Crippen LogP contribution in [-0.4, -0.2) is 54.3 Å². The summed E-state index contributed by atoms with van der Waals surface area (Å²) >= 11 is 0. The molecule has 3 rings (SSSR count). The van der Waals surface area contributed by atoms with Gasteiger partial charge in [-0.3, -0.25) is 0 Å². The van der Waals surface area contributed by atoms with Gasteiger partial charge in [-0.2, -0.15) is 0 Å². The van der Waals surface area contributed by atoms with Gasteiger partial charge in [0.15, 0.2) is 0 Å². The summed E-state index contributed by atoms with van der Waals surface area (Å²) in [4.78, 5) is 21.2. The van der Waals surface area contributed by atoms with E-state index in [1.807, 2.05) is 31.0 Å². The molecule has 0 saturated carbocycles. The molecule has 1 N–H and O–H groups in total. The topological polar surface area (TPSA) is 57.7 Å². The second-order valence-corrected chi connectivity index (χ2v) is 6.85. The zero-order chi connectivity index (χ0) is 16.9. The molecule has 2 saturated heterocycles. The molecule has 2 atom stereocenters. The van der Waals surface area contributed by atoms with E-state index in [0.29, 0.717) is 19.6 Å². The van der Waals surface area contributed by atoms with Gasteiger partial charge in [0.1, 0.15) is 5.82 Å². The van der Waals surface area contributed by atoms with Crippen LogP contribution in [0, 0.1) is 0 Å². The largest absolute Gasteiger partial charge is 0.372 e. The Labute approximate surface area is 144 Å². The molecule has 132 valence electrons. The van der Waals surface area contributed by atoms with Crippen LogP contribution in [0.4, 0.5) is 10.6 Å². The molecule has 6 heteroatoms. The van der Waals surface area contributed by atoms with Crippen LogP contribution in [0.5, 0.6) is 0 Å². The van der Waals surface area contributed by atoms with Crippen LogP contribution >= 0.6 is 0 Å². The Morgan fingerprint density at radius 1 is 1.25 bits per heavy atom. The molecule has 2 aliphatic rings. The monoisotopic (exact) mass is 332 g/mol. The number of nitrogens with zero attached hydrogens (tertiary/aromatic N) is 3. The predicted molar refractivity (Wildman–Crippen MR) is 94.1 cm³/mol. The van der Waals surface area contributed by atoms with Gasteiger partial charge in [-0.1, -0.05) is 6.07 Å². The predicted octanol–water partition coefficient (Wildman–Crippen LogP) is 2.39. The van der Waals surface area contributed by atoms with Crippen molar-refractivity contribution in [1.29, 1.82) is 0 Å². The second-order valence-electron chi connectivity index (χ2n) is 6.85. The maximum atomic E-state index is 12.5. The van der Waals surface area contributed by atoms with E-state index in [0.717, 1.165) is 24.5 Å². The van der Waals surface area contributed by atoms with Gasteiger partial charge in [-0.05, 0) is 39.2 Å². The Bertz CT molecular complexity index is 550. The van der Waals surface area contributed by atoms with E-state index in [9.17, 15) is 4.79 Å². The fourth-order valence-electron chi connectivity index (χ4n) is 3.59. The molecule has 1 aromatic heterocycles. The summed E-state index contributed by atoms with van der Waals surface area (Å²) in [5.74, 6) is 1.02. The van der Waals surface area contributed by atoms with Crippen LogP contribution in [0.2, 0.25) is 0 Å². The lowest BCUT2D eigenvalue weighted by atomic mass is 10.1. The number of hydrogen-bond acceptors (Lipinski definition) is 4. The first-order valence-electron chi connectivity index (χ1n) is 9.00. The number of carbonyl (C=O) groups excluding carboxylic acids is 1. The normalized spacial score (nSPS) is 24.8. The average molecular weight is 332 g/mol. The molecule has 2 amide bonds. The van der Waals surface area contributed by atoms with Gasteiger partial charge >= 0.3 is 6.03 Å². The number of aromatic nitrogens is 1. The third kappa shape index (κ3) is 4.17. The van der Waals surface area contributed by atoms with E-state index >= 15 is 0 Å². The number of morpholine rings is 1. The number of anilines is 1. The van der Waals surface area contributed by atoms with Gasteiger partial charge in [0.25, 0.3) is 0 Å². The number of urea groups is 1. The van der Waals surface area contributed by atoms with Gasteiger partial charge in [-0.15, -0.1) is 0 Å². The molecule has 0 aromatic carbocycles. The summed E-state index contributed by atoms with van der Waals surface area (Å²) < 4.78 is 5.69. The van der Waals surface area contributed by atoms with Crippen molar-refractivity contribution in [3.8, 4) is 0 Å². The first-order valence-corrected chi connectivity index (χ1v) is 9.00. The summed E-state index contributed by atoms with van der Waals surface area (Å²) in [7, 11) is 0. The molecule has 24 heavy (non-hydrogen) atoms. The van der Waals surface area contributed by atoms with Gasteiger partial charge < -0.3 is 19.9 Å². The quantitative estimate of drug-likeness (QED) is 0.923. The van der Waals surface area contributed by atoms with Crippen LogP contribution in [-0.2, 0) is 11.3 Å². The number of ether oxygens (including phenoxy) is 1. The molecule has 0 bridgehead atoms. The Kier molecular flexibility index (Phi) is 5.56. The van der Waals surface area contributed by atoms with E-state index in [1.165, 1.54) is 19.3 Å². The standard InChI is InChI=1S/C18H28N4O2/c1-14-12-22(13-15(2)24-14)18(23)20-11-16-7-6-8-19-17(16)21-9-4-3-5-10-21/h6-8,14-15H,3-5,9-13H2,1-2H3,(H,20,23)/t14-,15-/m1/s1. The highest BCUT2D eigenvalue weighted by Gasteiger charge is 2.26. The number of hydrogen-bond donors (Lipinski definition) is 1. The Morgan fingerprint density at radius 3 is 2.67 bits per heavy atom. The van der Waals surface area contributed by atoms with E-state index in [-0.39, 0.29) is 18.2 Å². The highest BCUT2D eigenvalue weighted by Crippen LogP contribution is 2.21. The highest BCUT2D eigenvalue weighted by molar-refractivity contribution is 5.74. The van der Waals surface area contributed by atoms with Crippen molar-refractivity contribution in [3.63, 3.8) is 0 Å². The molecular formula is C18H28N4O2. The van der Waals surface area contributed by atoms with Crippen molar-refractivity contribution in [1.82, 2.24) is 15.2 Å². The van der Waals surface area contributed by atoms with Crippen molar-refractivity contribution in [3.05, 3.63) is 23.9 Å². The maximum absolute atomic E-state index is 12.5. The summed E-state index contributed by atoms with van der Waals surface area (Å²) in [5, 5.41) is 3.05. The lowest BCUT2D eigenvalue weighted by molar-refractivity contribution is -0.0545. The Balaban J connectivity index is 1.61. The molecule has 0 spiro atoms. The maximum Gasteiger partial charge on any atom is 0.317 e. The third-order valence-corrected chi connectivity index (χ3v) is 4.66.